The number of esters is 4. The number of hydrogen-bond donors (Lipinski definition) is 3. The summed E-state index contributed by atoms with van der Waals surface area (Å²) in [5.41, 5.74) is 0. The predicted octanol–water partition coefficient (Wildman–Crippen LogP) is 22.9. The molecule has 3 N–H and O–H groups in total. The Morgan fingerprint density at radius 1 is 0.281 bits per heavy atom. The van der Waals surface area contributed by atoms with Gasteiger partial charge in [-0.05, 0) is 31.6 Å². The average molecular weight is 1410 g/mol. The van der Waals surface area contributed by atoms with E-state index in [1.165, 1.54) is 231 Å². The average Bonchev–Trinajstić information content (AvgIpc) is 1.28. The van der Waals surface area contributed by atoms with Gasteiger partial charge in [0.25, 0.3) is 0 Å². The van der Waals surface area contributed by atoms with Gasteiger partial charge in [-0.3, -0.25) is 37.3 Å². The number of unbranched alkanes of at least 4 members (excludes halogenated alkanes) is 49. The molecule has 0 aliphatic carbocycles. The highest BCUT2D eigenvalue weighted by atomic mass is 31.2. The van der Waals surface area contributed by atoms with Crippen molar-refractivity contribution >= 4 is 39.5 Å². The van der Waals surface area contributed by atoms with Gasteiger partial charge >= 0.3 is 39.5 Å². The van der Waals surface area contributed by atoms with Crippen LogP contribution in [-0.4, -0.2) is 96.7 Å². The molecule has 0 amide bonds. The molecule has 5 atom stereocenters. The first-order chi connectivity index (χ1) is 46.5. The minimum atomic E-state index is -4.96. The van der Waals surface area contributed by atoms with Crippen LogP contribution in [0.25, 0.3) is 0 Å². The molecule has 0 aliphatic heterocycles. The normalized spacial score (nSPS) is 13.9. The summed E-state index contributed by atoms with van der Waals surface area (Å²) in [6.45, 7) is 7.31. The number of aliphatic hydroxyl groups is 1. The Labute approximate surface area is 588 Å². The maximum absolute atomic E-state index is 13.1. The van der Waals surface area contributed by atoms with E-state index in [2.05, 4.69) is 34.6 Å². The SMILES string of the molecule is CCCCCCCCCCCCCCCCCC(=O)OC[C@H](COP(=O)(O)OC[C@@H](O)COP(=O)(O)OC[C@@H](COC(=O)CCCCCCCCCCCCCC)OC(=O)CCCCCCCCCCCCCC(C)C)OC(=O)CCCCCCCCCCCCCCCCC. The number of rotatable bonds is 77. The van der Waals surface area contributed by atoms with Crippen LogP contribution in [0, 0.1) is 5.92 Å². The zero-order chi connectivity index (χ0) is 70.5. The number of phosphoric ester groups is 2. The fourth-order valence-corrected chi connectivity index (χ4v) is 13.5. The molecule has 0 rings (SSSR count). The quantitative estimate of drug-likeness (QED) is 0.0222. The minimum absolute atomic E-state index is 0.107. The first-order valence-corrected chi connectivity index (χ1v) is 43.1. The van der Waals surface area contributed by atoms with Crippen LogP contribution in [-0.2, 0) is 65.4 Å². The van der Waals surface area contributed by atoms with Crippen LogP contribution >= 0.6 is 15.6 Å². The van der Waals surface area contributed by atoms with Gasteiger partial charge in [0.1, 0.15) is 19.3 Å². The highest BCUT2D eigenvalue weighted by molar-refractivity contribution is 7.47. The number of phosphoric acid groups is 2. The number of carbonyl (C=O) groups is 4. The van der Waals surface area contributed by atoms with Crippen LogP contribution in [0.2, 0.25) is 0 Å². The van der Waals surface area contributed by atoms with Crippen LogP contribution in [0.15, 0.2) is 0 Å². The lowest BCUT2D eigenvalue weighted by atomic mass is 10.0. The van der Waals surface area contributed by atoms with E-state index >= 15 is 0 Å². The third-order valence-corrected chi connectivity index (χ3v) is 19.9. The largest absolute Gasteiger partial charge is 0.472 e. The summed E-state index contributed by atoms with van der Waals surface area (Å²) in [6, 6.07) is 0. The molecule has 570 valence electrons. The summed E-state index contributed by atoms with van der Waals surface area (Å²) in [5, 5.41) is 10.6. The van der Waals surface area contributed by atoms with Gasteiger partial charge in [-0.2, -0.15) is 0 Å². The molecule has 0 saturated heterocycles. The fourth-order valence-electron chi connectivity index (χ4n) is 11.9. The second-order valence-electron chi connectivity index (χ2n) is 28.2. The van der Waals surface area contributed by atoms with E-state index in [0.29, 0.717) is 25.7 Å². The molecule has 0 aromatic heterocycles. The second kappa shape index (κ2) is 70.1. The monoisotopic (exact) mass is 1410 g/mol. The van der Waals surface area contributed by atoms with E-state index in [0.717, 1.165) is 95.8 Å². The van der Waals surface area contributed by atoms with Crippen LogP contribution in [0.3, 0.4) is 0 Å². The molecule has 2 unspecified atom stereocenters. The van der Waals surface area contributed by atoms with Gasteiger partial charge in [0.05, 0.1) is 26.4 Å². The molecule has 0 bridgehead atoms. The zero-order valence-corrected chi connectivity index (χ0v) is 64.3. The molecule has 0 aromatic rings. The van der Waals surface area contributed by atoms with Crippen molar-refractivity contribution in [3.05, 3.63) is 0 Å². The van der Waals surface area contributed by atoms with Crippen molar-refractivity contribution in [2.75, 3.05) is 39.6 Å². The molecule has 0 radical (unpaired) electrons. The van der Waals surface area contributed by atoms with Crippen molar-refractivity contribution in [3.8, 4) is 0 Å². The minimum Gasteiger partial charge on any atom is -0.462 e. The first kappa shape index (κ1) is 94.1. The second-order valence-corrected chi connectivity index (χ2v) is 31.1. The molecule has 17 nitrogen and oxygen atoms in total. The van der Waals surface area contributed by atoms with Gasteiger partial charge in [-0.15, -0.1) is 0 Å². The van der Waals surface area contributed by atoms with Crippen molar-refractivity contribution in [1.82, 2.24) is 0 Å². The standard InChI is InChI=1S/C77H150O17P2/c1-6-9-12-15-18-21-24-27-29-31-36-41-46-51-56-61-75(80)88-67-72(93-76(81)62-57-52-47-42-37-32-30-28-25-22-19-16-13-10-7-2)68-91-95(83,84)89-64-71(78)65-90-96(85,86)92-69-73(66-87-74(79)60-55-50-45-40-35-26-23-20-17-14-11-8-3)94-77(82)63-58-53-48-43-38-33-34-39-44-49-54-59-70(4)5/h70-73,78H,6-69H2,1-5H3,(H,83,84)(H,85,86)/t71-,72-,73-/m1/s1. The van der Waals surface area contributed by atoms with Gasteiger partial charge in [0.15, 0.2) is 12.2 Å². The van der Waals surface area contributed by atoms with E-state index in [1.807, 2.05) is 0 Å². The lowest BCUT2D eigenvalue weighted by Crippen LogP contribution is -2.30. The summed E-state index contributed by atoms with van der Waals surface area (Å²) in [6.07, 6.45) is 59.4. The van der Waals surface area contributed by atoms with E-state index < -0.39 is 97.5 Å². The molecule has 0 spiro atoms. The Bertz CT molecular complexity index is 1840. The molecule has 0 aliphatic rings. The van der Waals surface area contributed by atoms with Crippen molar-refractivity contribution in [2.45, 2.75) is 425 Å². The zero-order valence-electron chi connectivity index (χ0n) is 62.5. The van der Waals surface area contributed by atoms with Gasteiger partial charge in [-0.1, -0.05) is 356 Å². The van der Waals surface area contributed by atoms with Crippen LogP contribution in [0.1, 0.15) is 407 Å². The Morgan fingerprint density at radius 3 is 0.708 bits per heavy atom. The highest BCUT2D eigenvalue weighted by Crippen LogP contribution is 2.45. The topological polar surface area (TPSA) is 237 Å². The molecule has 0 heterocycles. The predicted molar refractivity (Wildman–Crippen MR) is 391 cm³/mol. The van der Waals surface area contributed by atoms with Gasteiger partial charge in [-0.25, -0.2) is 9.13 Å². The summed E-state index contributed by atoms with van der Waals surface area (Å²) in [5.74, 6) is -1.34. The number of ether oxygens (including phenoxy) is 4. The van der Waals surface area contributed by atoms with Crippen LogP contribution in [0.4, 0.5) is 0 Å². The Hall–Kier alpha value is -1.94. The molecule has 0 saturated carbocycles. The van der Waals surface area contributed by atoms with Crippen LogP contribution < -0.4 is 0 Å². The van der Waals surface area contributed by atoms with E-state index in [1.54, 1.807) is 0 Å². The van der Waals surface area contributed by atoms with Gasteiger partial charge in [0.2, 0.25) is 0 Å². The first-order valence-electron chi connectivity index (χ1n) is 40.1. The number of carbonyl (C=O) groups excluding carboxylic acids is 4. The maximum atomic E-state index is 13.1. The van der Waals surface area contributed by atoms with Crippen LogP contribution in [0.5, 0.6) is 0 Å². The third kappa shape index (κ3) is 70.5. The lowest BCUT2D eigenvalue weighted by molar-refractivity contribution is -0.161. The Balaban J connectivity index is 5.26. The molecule has 0 aromatic carbocycles. The van der Waals surface area contributed by atoms with Crippen molar-refractivity contribution in [2.24, 2.45) is 5.92 Å². The summed E-state index contributed by atoms with van der Waals surface area (Å²) >= 11 is 0. The third-order valence-electron chi connectivity index (χ3n) is 18.0. The Morgan fingerprint density at radius 2 is 0.479 bits per heavy atom. The summed E-state index contributed by atoms with van der Waals surface area (Å²) in [7, 11) is -9.91. The van der Waals surface area contributed by atoms with Gasteiger partial charge < -0.3 is 33.8 Å². The van der Waals surface area contributed by atoms with E-state index in [-0.39, 0.29) is 25.7 Å². The van der Waals surface area contributed by atoms with Crippen molar-refractivity contribution in [3.63, 3.8) is 0 Å². The van der Waals surface area contributed by atoms with Crippen molar-refractivity contribution in [1.29, 1.82) is 0 Å². The lowest BCUT2D eigenvalue weighted by Gasteiger charge is -2.21. The Kier molecular flexibility index (Phi) is 68.7. The molecular weight excluding hydrogens is 1260 g/mol. The molecule has 96 heavy (non-hydrogen) atoms. The number of aliphatic hydroxyl groups excluding tert-OH is 1. The van der Waals surface area contributed by atoms with Gasteiger partial charge in [0, 0.05) is 25.7 Å². The summed E-state index contributed by atoms with van der Waals surface area (Å²) in [4.78, 5) is 72.9. The van der Waals surface area contributed by atoms with Crippen molar-refractivity contribution < 1.29 is 80.2 Å². The number of hydrogen-bond acceptors (Lipinski definition) is 15. The van der Waals surface area contributed by atoms with E-state index in [4.69, 9.17) is 37.0 Å². The smallest absolute Gasteiger partial charge is 0.462 e. The molecular formula is C77H150O17P2. The molecule has 19 heteroatoms. The maximum Gasteiger partial charge on any atom is 0.472 e. The molecule has 0 fully saturated rings. The van der Waals surface area contributed by atoms with E-state index in [9.17, 15) is 43.2 Å². The fraction of sp³-hybridized carbons (Fsp3) is 0.948. The highest BCUT2D eigenvalue weighted by Gasteiger charge is 2.30. The summed E-state index contributed by atoms with van der Waals surface area (Å²) < 4.78 is 68.6.